The zero-order chi connectivity index (χ0) is 20.2. The molecule has 2 aromatic rings. The normalized spacial score (nSPS) is 17.2. The summed E-state index contributed by atoms with van der Waals surface area (Å²) in [5.74, 6) is 0.142. The molecular formula is C22H28N2O3S. The van der Waals surface area contributed by atoms with Crippen molar-refractivity contribution in [1.29, 1.82) is 0 Å². The topological polar surface area (TPSA) is 57.7 Å². The van der Waals surface area contributed by atoms with E-state index in [1.807, 2.05) is 67.7 Å². The van der Waals surface area contributed by atoms with Crippen LogP contribution in [-0.4, -0.2) is 49.4 Å². The fraction of sp³-hybridized carbons (Fsp3) is 0.409. The molecular weight excluding hydrogens is 372 g/mol. The number of piperidine rings is 1. The first-order valence-electron chi connectivity index (χ1n) is 9.72. The Bertz CT molecular complexity index is 890. The maximum atomic E-state index is 13.6. The molecule has 0 unspecified atom stereocenters. The first-order chi connectivity index (χ1) is 13.4. The lowest BCUT2D eigenvalue weighted by molar-refractivity contribution is -0.138. The van der Waals surface area contributed by atoms with Crippen molar-refractivity contribution in [2.24, 2.45) is 0 Å². The molecule has 0 atom stereocenters. The molecule has 0 radical (unpaired) electrons. The standard InChI is InChI=1S/C22H28N2O3S/c1-3-28(26,27)24-16-14-22(15-17-24,20-12-8-5-9-13-20)21(25)23(2)18-19-10-6-4-7-11-19/h4-13H,3,14-18H2,1-2H3. The van der Waals surface area contributed by atoms with Gasteiger partial charge in [0.25, 0.3) is 0 Å². The second kappa shape index (κ2) is 8.45. The number of carbonyl (C=O) groups excluding carboxylic acids is 1. The fourth-order valence-electron chi connectivity index (χ4n) is 4.01. The SMILES string of the molecule is CCS(=O)(=O)N1CCC(C(=O)N(C)Cc2ccccc2)(c2ccccc2)CC1. The van der Waals surface area contributed by atoms with E-state index in [0.29, 0.717) is 32.5 Å². The van der Waals surface area contributed by atoms with Gasteiger partial charge in [-0.25, -0.2) is 12.7 Å². The lowest BCUT2D eigenvalue weighted by Crippen LogP contribution is -2.53. The van der Waals surface area contributed by atoms with Gasteiger partial charge < -0.3 is 4.90 Å². The first-order valence-corrected chi connectivity index (χ1v) is 11.3. The predicted octanol–water partition coefficient (Wildman–Crippen LogP) is 3.03. The summed E-state index contributed by atoms with van der Waals surface area (Å²) in [5.41, 5.74) is 1.35. The Hall–Kier alpha value is -2.18. The number of likely N-dealkylation sites (N-methyl/N-ethyl adjacent to an activating group) is 1. The Morgan fingerprint density at radius 2 is 1.54 bits per heavy atom. The summed E-state index contributed by atoms with van der Waals surface area (Å²) < 4.78 is 26.1. The molecule has 5 nitrogen and oxygen atoms in total. The van der Waals surface area contributed by atoms with Crippen LogP contribution in [-0.2, 0) is 26.8 Å². The van der Waals surface area contributed by atoms with Crippen molar-refractivity contribution in [2.45, 2.75) is 31.7 Å². The minimum absolute atomic E-state index is 0.0519. The highest BCUT2D eigenvalue weighted by atomic mass is 32.2. The van der Waals surface area contributed by atoms with E-state index >= 15 is 0 Å². The maximum absolute atomic E-state index is 13.6. The molecule has 0 aliphatic carbocycles. The summed E-state index contributed by atoms with van der Waals surface area (Å²) >= 11 is 0. The van der Waals surface area contributed by atoms with E-state index in [1.54, 1.807) is 11.8 Å². The Kier molecular flexibility index (Phi) is 6.20. The van der Waals surface area contributed by atoms with Crippen LogP contribution in [0.4, 0.5) is 0 Å². The lowest BCUT2D eigenvalue weighted by atomic mass is 9.72. The highest BCUT2D eigenvalue weighted by Crippen LogP contribution is 2.38. The smallest absolute Gasteiger partial charge is 0.233 e. The van der Waals surface area contributed by atoms with Crippen molar-refractivity contribution in [2.75, 3.05) is 25.9 Å². The maximum Gasteiger partial charge on any atom is 0.233 e. The van der Waals surface area contributed by atoms with Gasteiger partial charge in [-0.3, -0.25) is 4.79 Å². The summed E-state index contributed by atoms with van der Waals surface area (Å²) in [4.78, 5) is 15.4. The highest BCUT2D eigenvalue weighted by Gasteiger charge is 2.45. The van der Waals surface area contributed by atoms with Gasteiger partial charge in [-0.05, 0) is 30.9 Å². The monoisotopic (exact) mass is 400 g/mol. The Balaban J connectivity index is 1.87. The summed E-state index contributed by atoms with van der Waals surface area (Å²) in [6, 6.07) is 19.7. The van der Waals surface area contributed by atoms with Gasteiger partial charge in [0, 0.05) is 26.7 Å². The number of hydrogen-bond acceptors (Lipinski definition) is 3. The quantitative estimate of drug-likeness (QED) is 0.749. The third-order valence-corrected chi connectivity index (χ3v) is 7.56. The second-order valence-corrected chi connectivity index (χ2v) is 9.65. The molecule has 0 N–H and O–H groups in total. The van der Waals surface area contributed by atoms with Crippen molar-refractivity contribution < 1.29 is 13.2 Å². The summed E-state index contributed by atoms with van der Waals surface area (Å²) in [5, 5.41) is 0. The number of sulfonamides is 1. The third-order valence-electron chi connectivity index (χ3n) is 5.68. The van der Waals surface area contributed by atoms with E-state index in [1.165, 1.54) is 4.31 Å². The van der Waals surface area contributed by atoms with E-state index < -0.39 is 15.4 Å². The van der Waals surface area contributed by atoms with Gasteiger partial charge in [-0.1, -0.05) is 60.7 Å². The first kappa shape index (κ1) is 20.6. The van der Waals surface area contributed by atoms with Crippen LogP contribution in [0.15, 0.2) is 60.7 Å². The van der Waals surface area contributed by atoms with Gasteiger partial charge in [0.1, 0.15) is 0 Å². The van der Waals surface area contributed by atoms with E-state index in [2.05, 4.69) is 0 Å². The van der Waals surface area contributed by atoms with Gasteiger partial charge in [-0.15, -0.1) is 0 Å². The summed E-state index contributed by atoms with van der Waals surface area (Å²) in [7, 11) is -1.41. The predicted molar refractivity (Wildman–Crippen MR) is 111 cm³/mol. The van der Waals surface area contributed by atoms with Crippen LogP contribution in [0.5, 0.6) is 0 Å². The molecule has 0 bridgehead atoms. The van der Waals surface area contributed by atoms with Crippen LogP contribution >= 0.6 is 0 Å². The molecule has 6 heteroatoms. The van der Waals surface area contributed by atoms with Crippen LogP contribution in [0.25, 0.3) is 0 Å². The lowest BCUT2D eigenvalue weighted by Gasteiger charge is -2.42. The molecule has 28 heavy (non-hydrogen) atoms. The average Bonchev–Trinajstić information content (AvgIpc) is 2.74. The van der Waals surface area contributed by atoms with Crippen molar-refractivity contribution in [1.82, 2.24) is 9.21 Å². The number of rotatable bonds is 6. The van der Waals surface area contributed by atoms with Crippen molar-refractivity contribution in [3.63, 3.8) is 0 Å². The molecule has 0 spiro atoms. The Labute approximate surface area is 168 Å². The molecule has 1 heterocycles. The summed E-state index contributed by atoms with van der Waals surface area (Å²) in [6.45, 7) is 2.93. The minimum atomic E-state index is -3.24. The van der Waals surface area contributed by atoms with Crippen molar-refractivity contribution in [3.8, 4) is 0 Å². The van der Waals surface area contributed by atoms with Crippen LogP contribution in [0.3, 0.4) is 0 Å². The molecule has 1 aliphatic heterocycles. The molecule has 1 saturated heterocycles. The van der Waals surface area contributed by atoms with Crippen LogP contribution in [0.2, 0.25) is 0 Å². The number of nitrogens with zero attached hydrogens (tertiary/aromatic N) is 2. The van der Waals surface area contributed by atoms with Crippen molar-refractivity contribution in [3.05, 3.63) is 71.8 Å². The van der Waals surface area contributed by atoms with Crippen LogP contribution < -0.4 is 0 Å². The number of amides is 1. The highest BCUT2D eigenvalue weighted by molar-refractivity contribution is 7.89. The molecule has 1 fully saturated rings. The van der Waals surface area contributed by atoms with E-state index in [0.717, 1.165) is 11.1 Å². The number of hydrogen-bond donors (Lipinski definition) is 0. The van der Waals surface area contributed by atoms with E-state index in [-0.39, 0.29) is 11.7 Å². The molecule has 150 valence electrons. The van der Waals surface area contributed by atoms with Crippen molar-refractivity contribution >= 4 is 15.9 Å². The molecule has 1 aliphatic rings. The fourth-order valence-corrected chi connectivity index (χ4v) is 5.11. The van der Waals surface area contributed by atoms with Gasteiger partial charge >= 0.3 is 0 Å². The molecule has 0 aromatic heterocycles. The zero-order valence-corrected chi connectivity index (χ0v) is 17.4. The number of benzene rings is 2. The van der Waals surface area contributed by atoms with Gasteiger partial charge in [0.2, 0.25) is 15.9 Å². The Morgan fingerprint density at radius 1 is 1.00 bits per heavy atom. The zero-order valence-electron chi connectivity index (χ0n) is 16.5. The average molecular weight is 401 g/mol. The largest absolute Gasteiger partial charge is 0.341 e. The van der Waals surface area contributed by atoms with Crippen LogP contribution in [0.1, 0.15) is 30.9 Å². The molecule has 2 aromatic carbocycles. The van der Waals surface area contributed by atoms with E-state index in [4.69, 9.17) is 0 Å². The number of carbonyl (C=O) groups is 1. The summed E-state index contributed by atoms with van der Waals surface area (Å²) in [6.07, 6.45) is 0.989. The van der Waals surface area contributed by atoms with Gasteiger partial charge in [-0.2, -0.15) is 0 Å². The Morgan fingerprint density at radius 3 is 2.07 bits per heavy atom. The van der Waals surface area contributed by atoms with Gasteiger partial charge in [0.15, 0.2) is 0 Å². The van der Waals surface area contributed by atoms with E-state index in [9.17, 15) is 13.2 Å². The third kappa shape index (κ3) is 4.13. The molecule has 1 amide bonds. The molecule has 3 rings (SSSR count). The van der Waals surface area contributed by atoms with Crippen LogP contribution in [0, 0.1) is 0 Å². The minimum Gasteiger partial charge on any atom is -0.341 e. The molecule has 0 saturated carbocycles. The van der Waals surface area contributed by atoms with Gasteiger partial charge in [0.05, 0.1) is 11.2 Å². The second-order valence-electron chi connectivity index (χ2n) is 7.39.